The summed E-state index contributed by atoms with van der Waals surface area (Å²) in [6.07, 6.45) is 6.61. The smallest absolute Gasteiger partial charge is 0.138 e. The molecule has 5 heteroatoms. The summed E-state index contributed by atoms with van der Waals surface area (Å²) < 4.78 is 6.22. The van der Waals surface area contributed by atoms with Gasteiger partial charge in [-0.25, -0.2) is 0 Å². The fourth-order valence-corrected chi connectivity index (χ4v) is 5.38. The normalized spacial score (nSPS) is 25.6. The minimum absolute atomic E-state index is 0.0873. The van der Waals surface area contributed by atoms with E-state index in [0.29, 0.717) is 11.7 Å². The van der Waals surface area contributed by atoms with Crippen LogP contribution in [0.4, 0.5) is 0 Å². The molecule has 1 saturated carbocycles. The summed E-state index contributed by atoms with van der Waals surface area (Å²) in [5.74, 6) is 1.13. The number of nitrogens with zero attached hydrogens (tertiary/aromatic N) is 2. The number of rotatable bonds is 6. The van der Waals surface area contributed by atoms with Gasteiger partial charge in [0.05, 0.1) is 18.4 Å². The lowest BCUT2D eigenvalue weighted by molar-refractivity contribution is -0.127. The third kappa shape index (κ3) is 4.23. The number of aliphatic hydroxyl groups excluding tert-OH is 1. The quantitative estimate of drug-likeness (QED) is 0.732. The van der Waals surface area contributed by atoms with E-state index in [1.165, 1.54) is 5.56 Å². The highest BCUT2D eigenvalue weighted by molar-refractivity contribution is 5.43. The molecule has 2 aromatic rings. The van der Waals surface area contributed by atoms with Crippen LogP contribution in [-0.2, 0) is 5.60 Å². The van der Waals surface area contributed by atoms with Gasteiger partial charge in [0.1, 0.15) is 11.4 Å². The van der Waals surface area contributed by atoms with E-state index in [2.05, 4.69) is 62.0 Å². The van der Waals surface area contributed by atoms with Crippen molar-refractivity contribution in [1.82, 2.24) is 9.88 Å². The van der Waals surface area contributed by atoms with Crippen LogP contribution in [0.15, 0.2) is 42.7 Å². The molecule has 4 rings (SSSR count). The number of aliphatic hydroxyl groups is 2. The second-order valence-corrected chi connectivity index (χ2v) is 10.2. The lowest BCUT2D eigenvalue weighted by Gasteiger charge is -2.55. The Balaban J connectivity index is 1.67. The van der Waals surface area contributed by atoms with Gasteiger partial charge < -0.3 is 19.8 Å². The van der Waals surface area contributed by atoms with Crippen LogP contribution in [0.5, 0.6) is 5.75 Å². The molecule has 1 unspecified atom stereocenters. The highest BCUT2D eigenvalue weighted by atomic mass is 16.5. The predicted octanol–water partition coefficient (Wildman–Crippen LogP) is 4.07. The second kappa shape index (κ2) is 8.53. The SMILES string of the molecule is CC(C)c1ccc(C(O)(c2cncc(OC3CCC(O)CC3)c2)C2(C)CN(C)C2)cc1. The van der Waals surface area contributed by atoms with E-state index in [-0.39, 0.29) is 17.6 Å². The van der Waals surface area contributed by atoms with E-state index in [4.69, 9.17) is 4.74 Å². The number of ether oxygens (including phenoxy) is 1. The van der Waals surface area contributed by atoms with Crippen molar-refractivity contribution in [3.63, 3.8) is 0 Å². The molecule has 1 aliphatic carbocycles. The van der Waals surface area contributed by atoms with Gasteiger partial charge in [-0.1, -0.05) is 45.0 Å². The number of pyridine rings is 1. The molecule has 1 aromatic heterocycles. The third-order valence-corrected chi connectivity index (χ3v) is 7.18. The van der Waals surface area contributed by atoms with Gasteiger partial charge in [0.2, 0.25) is 0 Å². The zero-order valence-electron chi connectivity index (χ0n) is 19.2. The van der Waals surface area contributed by atoms with Crippen molar-refractivity contribution < 1.29 is 14.9 Å². The first-order chi connectivity index (χ1) is 14.7. The zero-order chi connectivity index (χ0) is 22.2. The molecule has 31 heavy (non-hydrogen) atoms. The van der Waals surface area contributed by atoms with Crippen LogP contribution in [0.1, 0.15) is 69.1 Å². The average Bonchev–Trinajstić information content (AvgIpc) is 2.74. The Bertz CT molecular complexity index is 884. The molecule has 0 amide bonds. The van der Waals surface area contributed by atoms with E-state index in [1.54, 1.807) is 12.4 Å². The Labute approximate surface area is 186 Å². The largest absolute Gasteiger partial charge is 0.489 e. The predicted molar refractivity (Wildman–Crippen MR) is 122 cm³/mol. The molecular formula is C26H36N2O3. The van der Waals surface area contributed by atoms with Gasteiger partial charge in [-0.05, 0) is 55.8 Å². The maximum atomic E-state index is 12.3. The van der Waals surface area contributed by atoms with Crippen molar-refractivity contribution >= 4 is 0 Å². The number of likely N-dealkylation sites (tertiary alicyclic amines) is 1. The topological polar surface area (TPSA) is 65.8 Å². The van der Waals surface area contributed by atoms with Gasteiger partial charge in [-0.2, -0.15) is 0 Å². The number of hydrogen-bond donors (Lipinski definition) is 2. The van der Waals surface area contributed by atoms with Crippen molar-refractivity contribution in [1.29, 1.82) is 0 Å². The second-order valence-electron chi connectivity index (χ2n) is 10.2. The summed E-state index contributed by atoms with van der Waals surface area (Å²) in [5, 5.41) is 22.1. The molecule has 2 heterocycles. The summed E-state index contributed by atoms with van der Waals surface area (Å²) in [6, 6.07) is 10.3. The molecule has 1 aromatic carbocycles. The number of benzene rings is 1. The van der Waals surface area contributed by atoms with E-state index in [9.17, 15) is 10.2 Å². The highest BCUT2D eigenvalue weighted by Gasteiger charge is 2.55. The maximum absolute atomic E-state index is 12.3. The summed E-state index contributed by atoms with van der Waals surface area (Å²) in [5.41, 5.74) is 1.44. The molecule has 2 aliphatic rings. The minimum atomic E-state index is -1.16. The molecule has 1 atom stereocenters. The molecule has 5 nitrogen and oxygen atoms in total. The molecule has 1 aliphatic heterocycles. The molecule has 0 spiro atoms. The van der Waals surface area contributed by atoms with Crippen molar-refractivity contribution in [3.05, 3.63) is 59.4 Å². The lowest BCUT2D eigenvalue weighted by Crippen LogP contribution is -2.63. The molecule has 2 fully saturated rings. The van der Waals surface area contributed by atoms with Crippen LogP contribution < -0.4 is 4.74 Å². The Morgan fingerprint density at radius 3 is 2.29 bits per heavy atom. The first-order valence-corrected chi connectivity index (χ1v) is 11.5. The molecule has 2 N–H and O–H groups in total. The first kappa shape index (κ1) is 22.3. The summed E-state index contributed by atoms with van der Waals surface area (Å²) in [4.78, 5) is 6.68. The monoisotopic (exact) mass is 424 g/mol. The average molecular weight is 425 g/mol. The van der Waals surface area contributed by atoms with E-state index >= 15 is 0 Å². The Morgan fingerprint density at radius 2 is 1.71 bits per heavy atom. The molecule has 168 valence electrons. The van der Waals surface area contributed by atoms with Crippen LogP contribution in [0, 0.1) is 5.41 Å². The van der Waals surface area contributed by atoms with Gasteiger partial charge in [0.15, 0.2) is 0 Å². The Hall–Kier alpha value is -1.95. The van der Waals surface area contributed by atoms with Crippen LogP contribution in [0.3, 0.4) is 0 Å². The standard InChI is InChI=1S/C26H36N2O3/c1-18(2)19-5-7-20(8-6-19)26(30,25(3)16-28(4)17-25)21-13-24(15-27-14-21)31-23-11-9-22(29)10-12-23/h5-8,13-15,18,22-23,29-30H,9-12,16-17H2,1-4H3. The van der Waals surface area contributed by atoms with Crippen LogP contribution >= 0.6 is 0 Å². The van der Waals surface area contributed by atoms with Crippen molar-refractivity contribution in [2.45, 2.75) is 70.2 Å². The van der Waals surface area contributed by atoms with Crippen LogP contribution in [0.25, 0.3) is 0 Å². The molecule has 1 saturated heterocycles. The molecule has 0 radical (unpaired) electrons. The molecular weight excluding hydrogens is 388 g/mol. The summed E-state index contributed by atoms with van der Waals surface area (Å²) in [7, 11) is 2.08. The highest BCUT2D eigenvalue weighted by Crippen LogP contribution is 2.50. The summed E-state index contributed by atoms with van der Waals surface area (Å²) in [6.45, 7) is 8.12. The molecule has 0 bridgehead atoms. The van der Waals surface area contributed by atoms with Crippen LogP contribution in [0.2, 0.25) is 0 Å². The van der Waals surface area contributed by atoms with Gasteiger partial charge in [-0.15, -0.1) is 0 Å². The van der Waals surface area contributed by atoms with Gasteiger partial charge >= 0.3 is 0 Å². The van der Waals surface area contributed by atoms with Crippen molar-refractivity contribution in [3.8, 4) is 5.75 Å². The van der Waals surface area contributed by atoms with Gasteiger partial charge in [0.25, 0.3) is 0 Å². The van der Waals surface area contributed by atoms with Gasteiger partial charge in [-0.3, -0.25) is 4.98 Å². The zero-order valence-corrected chi connectivity index (χ0v) is 19.2. The first-order valence-electron chi connectivity index (χ1n) is 11.5. The van der Waals surface area contributed by atoms with Crippen LogP contribution in [-0.4, -0.2) is 52.4 Å². The minimum Gasteiger partial charge on any atom is -0.489 e. The van der Waals surface area contributed by atoms with Crippen molar-refractivity contribution in [2.75, 3.05) is 20.1 Å². The fourth-order valence-electron chi connectivity index (χ4n) is 5.38. The fraction of sp³-hybridized carbons (Fsp3) is 0.577. The van der Waals surface area contributed by atoms with E-state index in [0.717, 1.165) is 49.9 Å². The third-order valence-electron chi connectivity index (χ3n) is 7.18. The number of hydrogen-bond acceptors (Lipinski definition) is 5. The van der Waals surface area contributed by atoms with E-state index < -0.39 is 5.60 Å². The lowest BCUT2D eigenvalue weighted by atomic mass is 9.62. The van der Waals surface area contributed by atoms with E-state index in [1.807, 2.05) is 6.07 Å². The Morgan fingerprint density at radius 1 is 1.06 bits per heavy atom. The maximum Gasteiger partial charge on any atom is 0.138 e. The Kier molecular flexibility index (Phi) is 6.12. The number of aromatic nitrogens is 1. The van der Waals surface area contributed by atoms with Crippen molar-refractivity contribution in [2.24, 2.45) is 5.41 Å². The van der Waals surface area contributed by atoms with Gasteiger partial charge in [0, 0.05) is 30.3 Å². The summed E-state index contributed by atoms with van der Waals surface area (Å²) >= 11 is 0.